The molecule has 1 aromatic heterocycles. The molecule has 0 radical (unpaired) electrons. The maximum Gasteiger partial charge on any atom is 0.261 e. The van der Waals surface area contributed by atoms with Crippen molar-refractivity contribution in [2.24, 2.45) is 0 Å². The van der Waals surface area contributed by atoms with E-state index in [9.17, 15) is 4.79 Å². The van der Waals surface area contributed by atoms with Gasteiger partial charge in [0.2, 0.25) is 0 Å². The maximum absolute atomic E-state index is 12.1. The van der Waals surface area contributed by atoms with Crippen LogP contribution in [0.4, 0.5) is 0 Å². The van der Waals surface area contributed by atoms with Gasteiger partial charge in [-0.3, -0.25) is 4.79 Å². The van der Waals surface area contributed by atoms with Gasteiger partial charge in [-0.1, -0.05) is 30.7 Å². The van der Waals surface area contributed by atoms with E-state index in [0.717, 1.165) is 18.6 Å². The topological polar surface area (TPSA) is 51.5 Å². The van der Waals surface area contributed by atoms with E-state index >= 15 is 0 Å². The molecule has 0 aliphatic heterocycles. The minimum atomic E-state index is -0.538. The summed E-state index contributed by atoms with van der Waals surface area (Å²) in [5, 5.41) is 3.39. The van der Waals surface area contributed by atoms with Crippen LogP contribution in [0.3, 0.4) is 0 Å². The van der Waals surface area contributed by atoms with Gasteiger partial charge in [0.05, 0.1) is 11.3 Å². The van der Waals surface area contributed by atoms with Crippen LogP contribution in [0.1, 0.15) is 25.5 Å². The van der Waals surface area contributed by atoms with Crippen molar-refractivity contribution >= 4 is 17.5 Å². The fraction of sp³-hybridized carbons (Fsp3) is 0.353. The molecular weight excluding hydrogens is 302 g/mol. The fourth-order valence-electron chi connectivity index (χ4n) is 2.06. The van der Waals surface area contributed by atoms with E-state index in [1.807, 2.05) is 31.2 Å². The van der Waals surface area contributed by atoms with Crippen molar-refractivity contribution in [3.63, 3.8) is 0 Å². The summed E-state index contributed by atoms with van der Waals surface area (Å²) < 4.78 is 10.9. The Balaban J connectivity index is 1.77. The van der Waals surface area contributed by atoms with Gasteiger partial charge in [-0.25, -0.2) is 0 Å². The molecule has 2 aromatic rings. The summed E-state index contributed by atoms with van der Waals surface area (Å²) in [6, 6.07) is 10.9. The summed E-state index contributed by atoms with van der Waals surface area (Å²) in [6.45, 7) is 2.49. The second kappa shape index (κ2) is 8.49. The van der Waals surface area contributed by atoms with Gasteiger partial charge >= 0.3 is 0 Å². The minimum absolute atomic E-state index is 0.123. The first-order chi connectivity index (χ1) is 10.7. The van der Waals surface area contributed by atoms with E-state index in [1.54, 1.807) is 18.4 Å². The monoisotopic (exact) mass is 321 g/mol. The first kappa shape index (κ1) is 16.4. The van der Waals surface area contributed by atoms with Crippen molar-refractivity contribution in [3.05, 3.63) is 53.4 Å². The van der Waals surface area contributed by atoms with Gasteiger partial charge in [0.25, 0.3) is 5.91 Å². The van der Waals surface area contributed by atoms with E-state index in [2.05, 4.69) is 5.32 Å². The van der Waals surface area contributed by atoms with E-state index in [-0.39, 0.29) is 5.91 Å². The molecule has 118 valence electrons. The molecule has 1 aromatic carbocycles. The number of para-hydroxylation sites is 1. The molecular formula is C17H20ClNO3. The smallest absolute Gasteiger partial charge is 0.261 e. The van der Waals surface area contributed by atoms with Gasteiger partial charge in [0.15, 0.2) is 6.10 Å². The molecule has 22 heavy (non-hydrogen) atoms. The SMILES string of the molecule is CCC(Oc1ccccc1Cl)C(=O)NCCCc1ccco1. The van der Waals surface area contributed by atoms with Crippen molar-refractivity contribution in [1.29, 1.82) is 0 Å². The number of aryl methyl sites for hydroxylation is 1. The average molecular weight is 322 g/mol. The molecule has 0 fully saturated rings. The van der Waals surface area contributed by atoms with Crippen molar-refractivity contribution in [2.45, 2.75) is 32.3 Å². The predicted octanol–water partition coefficient (Wildman–Crippen LogP) is 3.84. The zero-order chi connectivity index (χ0) is 15.8. The zero-order valence-electron chi connectivity index (χ0n) is 12.5. The molecule has 0 bridgehead atoms. The first-order valence-electron chi connectivity index (χ1n) is 7.42. The highest BCUT2D eigenvalue weighted by atomic mass is 35.5. The van der Waals surface area contributed by atoms with Crippen LogP contribution in [0, 0.1) is 0 Å². The zero-order valence-corrected chi connectivity index (χ0v) is 13.3. The third kappa shape index (κ3) is 4.81. The van der Waals surface area contributed by atoms with Crippen molar-refractivity contribution < 1.29 is 13.9 Å². The summed E-state index contributed by atoms with van der Waals surface area (Å²) in [5.41, 5.74) is 0. The Morgan fingerprint density at radius 2 is 2.14 bits per heavy atom. The van der Waals surface area contributed by atoms with E-state index in [1.165, 1.54) is 0 Å². The molecule has 5 heteroatoms. The standard InChI is InChI=1S/C17H20ClNO3/c1-2-15(22-16-10-4-3-9-14(16)18)17(20)19-11-5-7-13-8-6-12-21-13/h3-4,6,8-10,12,15H,2,5,7,11H2,1H3,(H,19,20). The number of amides is 1. The molecule has 0 saturated carbocycles. The predicted molar refractivity (Wildman–Crippen MR) is 86.2 cm³/mol. The van der Waals surface area contributed by atoms with Crippen LogP contribution < -0.4 is 10.1 Å². The highest BCUT2D eigenvalue weighted by Gasteiger charge is 2.18. The number of rotatable bonds is 8. The first-order valence-corrected chi connectivity index (χ1v) is 7.79. The Labute approximate surface area is 135 Å². The van der Waals surface area contributed by atoms with Gasteiger partial charge in [-0.2, -0.15) is 0 Å². The highest BCUT2D eigenvalue weighted by molar-refractivity contribution is 6.32. The molecule has 1 atom stereocenters. The normalized spacial score (nSPS) is 11.9. The third-order valence-corrected chi connectivity index (χ3v) is 3.56. The largest absolute Gasteiger partial charge is 0.479 e. The number of hydrogen-bond acceptors (Lipinski definition) is 3. The van der Waals surface area contributed by atoms with Crippen LogP contribution in [0.25, 0.3) is 0 Å². The Kier molecular flexibility index (Phi) is 6.34. The number of benzene rings is 1. The molecule has 0 aliphatic rings. The van der Waals surface area contributed by atoms with Crippen LogP contribution in [0.5, 0.6) is 5.75 Å². The number of hydrogen-bond donors (Lipinski definition) is 1. The summed E-state index contributed by atoms with van der Waals surface area (Å²) in [4.78, 5) is 12.1. The van der Waals surface area contributed by atoms with Crippen LogP contribution in [0.15, 0.2) is 47.1 Å². The minimum Gasteiger partial charge on any atom is -0.479 e. The molecule has 1 heterocycles. The number of carbonyl (C=O) groups is 1. The van der Waals surface area contributed by atoms with Gasteiger partial charge in [0.1, 0.15) is 11.5 Å². The quantitative estimate of drug-likeness (QED) is 0.752. The van der Waals surface area contributed by atoms with E-state index in [0.29, 0.717) is 23.7 Å². The summed E-state index contributed by atoms with van der Waals surface area (Å²) >= 11 is 6.05. The van der Waals surface area contributed by atoms with Crippen LogP contribution >= 0.6 is 11.6 Å². The molecule has 0 aliphatic carbocycles. The van der Waals surface area contributed by atoms with Crippen LogP contribution in [-0.4, -0.2) is 18.6 Å². The van der Waals surface area contributed by atoms with Crippen molar-refractivity contribution in [3.8, 4) is 5.75 Å². The number of ether oxygens (including phenoxy) is 1. The molecule has 4 nitrogen and oxygen atoms in total. The van der Waals surface area contributed by atoms with Gasteiger partial charge in [-0.05, 0) is 37.1 Å². The fourth-order valence-corrected chi connectivity index (χ4v) is 2.24. The Hall–Kier alpha value is -1.94. The number of carbonyl (C=O) groups excluding carboxylic acids is 1. The lowest BCUT2D eigenvalue weighted by Crippen LogP contribution is -2.38. The molecule has 0 spiro atoms. The Morgan fingerprint density at radius 3 is 2.82 bits per heavy atom. The lowest BCUT2D eigenvalue weighted by Gasteiger charge is -2.18. The number of furan rings is 1. The average Bonchev–Trinajstić information content (AvgIpc) is 3.04. The lowest BCUT2D eigenvalue weighted by molar-refractivity contribution is -0.128. The molecule has 1 N–H and O–H groups in total. The van der Waals surface area contributed by atoms with Crippen LogP contribution in [0.2, 0.25) is 5.02 Å². The lowest BCUT2D eigenvalue weighted by atomic mass is 10.2. The number of halogens is 1. The Bertz CT molecular complexity index is 583. The highest BCUT2D eigenvalue weighted by Crippen LogP contribution is 2.24. The summed E-state index contributed by atoms with van der Waals surface area (Å²) in [6.07, 6.45) is 3.31. The molecule has 1 amide bonds. The second-order valence-electron chi connectivity index (χ2n) is 4.92. The van der Waals surface area contributed by atoms with Crippen molar-refractivity contribution in [1.82, 2.24) is 5.32 Å². The summed E-state index contributed by atoms with van der Waals surface area (Å²) in [5.74, 6) is 1.33. The van der Waals surface area contributed by atoms with Crippen molar-refractivity contribution in [2.75, 3.05) is 6.54 Å². The van der Waals surface area contributed by atoms with Gasteiger partial charge < -0.3 is 14.5 Å². The third-order valence-electron chi connectivity index (χ3n) is 3.25. The molecule has 0 saturated heterocycles. The van der Waals surface area contributed by atoms with Crippen LogP contribution in [-0.2, 0) is 11.2 Å². The maximum atomic E-state index is 12.1. The summed E-state index contributed by atoms with van der Waals surface area (Å²) in [7, 11) is 0. The van der Waals surface area contributed by atoms with Gasteiger partial charge in [-0.15, -0.1) is 0 Å². The second-order valence-corrected chi connectivity index (χ2v) is 5.33. The molecule has 1 unspecified atom stereocenters. The van der Waals surface area contributed by atoms with E-state index in [4.69, 9.17) is 20.8 Å². The number of nitrogens with one attached hydrogen (secondary N) is 1. The molecule has 2 rings (SSSR count). The van der Waals surface area contributed by atoms with E-state index < -0.39 is 6.10 Å². The Morgan fingerprint density at radius 1 is 1.32 bits per heavy atom. The van der Waals surface area contributed by atoms with Gasteiger partial charge in [0, 0.05) is 13.0 Å².